The predicted molar refractivity (Wildman–Crippen MR) is 104 cm³/mol. The first-order chi connectivity index (χ1) is 13.2. The molecule has 3 aromatic rings. The van der Waals surface area contributed by atoms with E-state index in [4.69, 9.17) is 4.74 Å². The summed E-state index contributed by atoms with van der Waals surface area (Å²) in [4.78, 5) is 32.5. The van der Waals surface area contributed by atoms with E-state index in [1.165, 1.54) is 11.3 Å². The average molecular weight is 382 g/mol. The molecule has 0 aliphatic rings. The van der Waals surface area contributed by atoms with Crippen LogP contribution in [-0.4, -0.2) is 34.9 Å². The fraction of sp³-hybridized carbons (Fsp3) is 0.158. The van der Waals surface area contributed by atoms with E-state index < -0.39 is 0 Å². The van der Waals surface area contributed by atoms with Crippen molar-refractivity contribution in [2.24, 2.45) is 0 Å². The molecule has 0 atom stereocenters. The average Bonchev–Trinajstić information content (AvgIpc) is 3.16. The lowest BCUT2D eigenvalue weighted by molar-refractivity contribution is -0.115. The molecule has 3 rings (SSSR count). The molecule has 0 aliphatic heterocycles. The molecular formula is C19H18N4O3S. The van der Waals surface area contributed by atoms with E-state index in [-0.39, 0.29) is 18.4 Å². The van der Waals surface area contributed by atoms with Gasteiger partial charge in [0.2, 0.25) is 5.91 Å². The smallest absolute Gasteiger partial charge is 0.251 e. The molecule has 1 aromatic carbocycles. The highest BCUT2D eigenvalue weighted by molar-refractivity contribution is 7.14. The van der Waals surface area contributed by atoms with Gasteiger partial charge >= 0.3 is 0 Å². The molecule has 2 N–H and O–H groups in total. The maximum atomic E-state index is 12.1. The van der Waals surface area contributed by atoms with E-state index >= 15 is 0 Å². The minimum Gasteiger partial charge on any atom is -0.494 e. The number of ether oxygens (including phenoxy) is 1. The van der Waals surface area contributed by atoms with E-state index in [0.29, 0.717) is 23.1 Å². The van der Waals surface area contributed by atoms with Crippen LogP contribution in [0.1, 0.15) is 17.3 Å². The summed E-state index contributed by atoms with van der Waals surface area (Å²) in [5.74, 6) is 0.0183. The Kier molecular flexibility index (Phi) is 6.11. The molecular weight excluding hydrogens is 364 g/mol. The van der Waals surface area contributed by atoms with Gasteiger partial charge in [0.15, 0.2) is 5.13 Å². The Hall–Kier alpha value is -3.26. The molecule has 0 aliphatic carbocycles. The van der Waals surface area contributed by atoms with E-state index in [9.17, 15) is 9.59 Å². The van der Waals surface area contributed by atoms with Crippen LogP contribution in [0.4, 0.5) is 5.13 Å². The number of aromatic nitrogens is 2. The highest BCUT2D eigenvalue weighted by Gasteiger charge is 2.11. The van der Waals surface area contributed by atoms with E-state index in [0.717, 1.165) is 11.3 Å². The van der Waals surface area contributed by atoms with Gasteiger partial charge in [0.25, 0.3) is 5.91 Å². The zero-order chi connectivity index (χ0) is 19.1. The number of nitrogens with zero attached hydrogens (tertiary/aromatic N) is 2. The number of hydrogen-bond acceptors (Lipinski definition) is 6. The second-order valence-electron chi connectivity index (χ2n) is 5.47. The number of anilines is 1. The highest BCUT2D eigenvalue weighted by atomic mass is 32.1. The summed E-state index contributed by atoms with van der Waals surface area (Å²) < 4.78 is 5.33. The summed E-state index contributed by atoms with van der Waals surface area (Å²) in [5.41, 5.74) is 2.07. The SMILES string of the molecule is CCOc1ccc(C(=O)NCC(=O)Nc2nc(-c3cccnc3)cs2)cc1. The minimum atomic E-state index is -0.346. The van der Waals surface area contributed by atoms with Gasteiger partial charge in [0.05, 0.1) is 18.8 Å². The van der Waals surface area contributed by atoms with Crippen LogP contribution in [0.5, 0.6) is 5.75 Å². The van der Waals surface area contributed by atoms with Gasteiger partial charge in [0.1, 0.15) is 5.75 Å². The molecule has 2 amide bonds. The molecule has 2 aromatic heterocycles. The van der Waals surface area contributed by atoms with Crippen molar-refractivity contribution in [2.75, 3.05) is 18.5 Å². The van der Waals surface area contributed by atoms with Crippen LogP contribution in [-0.2, 0) is 4.79 Å². The van der Waals surface area contributed by atoms with Crippen LogP contribution in [0.15, 0.2) is 54.2 Å². The Morgan fingerprint density at radius 3 is 2.70 bits per heavy atom. The molecule has 0 fully saturated rings. The maximum Gasteiger partial charge on any atom is 0.251 e. The second-order valence-corrected chi connectivity index (χ2v) is 6.33. The van der Waals surface area contributed by atoms with Gasteiger partial charge in [-0.25, -0.2) is 4.98 Å². The summed E-state index contributed by atoms with van der Waals surface area (Å²) >= 11 is 1.31. The lowest BCUT2D eigenvalue weighted by atomic mass is 10.2. The van der Waals surface area contributed by atoms with Crippen molar-refractivity contribution < 1.29 is 14.3 Å². The van der Waals surface area contributed by atoms with Gasteiger partial charge in [-0.1, -0.05) is 0 Å². The Morgan fingerprint density at radius 2 is 2.00 bits per heavy atom. The first kappa shape index (κ1) is 18.5. The molecule has 0 bridgehead atoms. The van der Waals surface area contributed by atoms with Crippen molar-refractivity contribution in [1.82, 2.24) is 15.3 Å². The van der Waals surface area contributed by atoms with E-state index in [2.05, 4.69) is 20.6 Å². The van der Waals surface area contributed by atoms with E-state index in [1.54, 1.807) is 36.7 Å². The Labute approximate surface area is 160 Å². The topological polar surface area (TPSA) is 93.2 Å². The summed E-state index contributed by atoms with van der Waals surface area (Å²) in [5, 5.41) is 7.57. The first-order valence-electron chi connectivity index (χ1n) is 8.32. The third kappa shape index (κ3) is 5.11. The van der Waals surface area contributed by atoms with Crippen molar-refractivity contribution in [1.29, 1.82) is 0 Å². The van der Waals surface area contributed by atoms with Crippen LogP contribution >= 0.6 is 11.3 Å². The van der Waals surface area contributed by atoms with Crippen LogP contribution in [0, 0.1) is 0 Å². The Bertz CT molecular complexity index is 910. The zero-order valence-corrected chi connectivity index (χ0v) is 15.5. The number of amides is 2. The molecule has 8 heteroatoms. The Balaban J connectivity index is 1.51. The van der Waals surface area contributed by atoms with Crippen LogP contribution in [0.3, 0.4) is 0 Å². The van der Waals surface area contributed by atoms with E-state index in [1.807, 2.05) is 24.4 Å². The minimum absolute atomic E-state index is 0.145. The first-order valence-corrected chi connectivity index (χ1v) is 9.20. The van der Waals surface area contributed by atoms with Crippen LogP contribution < -0.4 is 15.4 Å². The van der Waals surface area contributed by atoms with Crippen LogP contribution in [0.25, 0.3) is 11.3 Å². The molecule has 0 saturated carbocycles. The lowest BCUT2D eigenvalue weighted by Crippen LogP contribution is -2.32. The number of carbonyl (C=O) groups excluding carboxylic acids is 2. The standard InChI is InChI=1S/C19H18N4O3S/c1-2-26-15-7-5-13(6-8-15)18(25)21-11-17(24)23-19-22-16(12-27-19)14-4-3-9-20-10-14/h3-10,12H,2,11H2,1H3,(H,21,25)(H,22,23,24). The molecule has 7 nitrogen and oxygen atoms in total. The fourth-order valence-electron chi connectivity index (χ4n) is 2.27. The monoisotopic (exact) mass is 382 g/mol. The van der Waals surface area contributed by atoms with Gasteiger partial charge in [-0.05, 0) is 43.3 Å². The number of thiazole rings is 1. The van der Waals surface area contributed by atoms with Crippen molar-refractivity contribution in [3.63, 3.8) is 0 Å². The van der Waals surface area contributed by atoms with Gasteiger partial charge in [-0.3, -0.25) is 14.6 Å². The quantitative estimate of drug-likeness (QED) is 0.655. The number of rotatable bonds is 7. The largest absolute Gasteiger partial charge is 0.494 e. The summed E-state index contributed by atoms with van der Waals surface area (Å²) in [7, 11) is 0. The van der Waals surface area contributed by atoms with Gasteiger partial charge in [0, 0.05) is 28.9 Å². The fourth-order valence-corrected chi connectivity index (χ4v) is 3.01. The predicted octanol–water partition coefficient (Wildman–Crippen LogP) is 2.97. The number of hydrogen-bond donors (Lipinski definition) is 2. The highest BCUT2D eigenvalue weighted by Crippen LogP contribution is 2.23. The van der Waals surface area contributed by atoms with Crippen molar-refractivity contribution >= 4 is 28.3 Å². The van der Waals surface area contributed by atoms with Crippen LogP contribution in [0.2, 0.25) is 0 Å². The van der Waals surface area contributed by atoms with Gasteiger partial charge in [-0.15, -0.1) is 11.3 Å². The van der Waals surface area contributed by atoms with Crippen molar-refractivity contribution in [2.45, 2.75) is 6.92 Å². The number of nitrogens with one attached hydrogen (secondary N) is 2. The molecule has 0 unspecified atom stereocenters. The van der Waals surface area contributed by atoms with Crippen molar-refractivity contribution in [3.8, 4) is 17.0 Å². The molecule has 2 heterocycles. The summed E-state index contributed by atoms with van der Waals surface area (Å²) in [6.07, 6.45) is 3.39. The molecule has 0 radical (unpaired) electrons. The van der Waals surface area contributed by atoms with Gasteiger partial charge in [-0.2, -0.15) is 0 Å². The third-order valence-electron chi connectivity index (χ3n) is 3.54. The molecule has 138 valence electrons. The van der Waals surface area contributed by atoms with Gasteiger partial charge < -0.3 is 15.4 Å². The lowest BCUT2D eigenvalue weighted by Gasteiger charge is -2.06. The number of carbonyl (C=O) groups is 2. The summed E-state index contributed by atoms with van der Waals surface area (Å²) in [6.45, 7) is 2.31. The number of pyridine rings is 1. The molecule has 0 spiro atoms. The third-order valence-corrected chi connectivity index (χ3v) is 4.30. The normalized spacial score (nSPS) is 10.3. The Morgan fingerprint density at radius 1 is 1.19 bits per heavy atom. The molecule has 0 saturated heterocycles. The second kappa shape index (κ2) is 8.91. The maximum absolute atomic E-state index is 12.1. The molecule has 27 heavy (non-hydrogen) atoms. The number of benzene rings is 1. The zero-order valence-electron chi connectivity index (χ0n) is 14.6. The van der Waals surface area contributed by atoms with Crippen molar-refractivity contribution in [3.05, 3.63) is 59.7 Å². The summed E-state index contributed by atoms with van der Waals surface area (Å²) in [6, 6.07) is 10.5.